The summed E-state index contributed by atoms with van der Waals surface area (Å²) in [5.74, 6) is 0.595. The van der Waals surface area contributed by atoms with Gasteiger partial charge in [-0.2, -0.15) is 0 Å². The van der Waals surface area contributed by atoms with Crippen molar-refractivity contribution in [3.05, 3.63) is 12.2 Å². The van der Waals surface area contributed by atoms with Gasteiger partial charge >= 0.3 is 0 Å². The number of hydrogen-bond acceptors (Lipinski definition) is 1. The molecule has 0 saturated heterocycles. The molecule has 1 aliphatic rings. The molecule has 0 heterocycles. The average Bonchev–Trinajstić information content (AvgIpc) is 2.21. The first-order valence-corrected chi connectivity index (χ1v) is 5.63. The second kappa shape index (κ2) is 6.20. The zero-order valence-corrected chi connectivity index (χ0v) is 8.96. The van der Waals surface area contributed by atoms with Gasteiger partial charge in [0.15, 0.2) is 0 Å². The van der Waals surface area contributed by atoms with Gasteiger partial charge in [0.25, 0.3) is 0 Å². The van der Waals surface area contributed by atoms with Gasteiger partial charge in [0, 0.05) is 12.5 Å². The van der Waals surface area contributed by atoms with Crippen LogP contribution in [-0.2, 0) is 4.74 Å². The van der Waals surface area contributed by atoms with Crippen LogP contribution in [0.15, 0.2) is 12.2 Å². The van der Waals surface area contributed by atoms with E-state index in [1.807, 2.05) is 0 Å². The summed E-state index contributed by atoms with van der Waals surface area (Å²) >= 11 is 0. The largest absolute Gasteiger partial charge is 0.378 e. The summed E-state index contributed by atoms with van der Waals surface area (Å²) < 4.78 is 5.73. The molecule has 0 N–H and O–H groups in total. The highest BCUT2D eigenvalue weighted by Gasteiger charge is 2.15. The zero-order valence-electron chi connectivity index (χ0n) is 8.96. The normalized spacial score (nSPS) is 30.6. The Balaban J connectivity index is 2.45. The van der Waals surface area contributed by atoms with Crippen LogP contribution in [0.25, 0.3) is 0 Å². The van der Waals surface area contributed by atoms with Crippen LogP contribution in [0.3, 0.4) is 0 Å². The molecule has 2 unspecified atom stereocenters. The maximum atomic E-state index is 5.73. The van der Waals surface area contributed by atoms with Crippen molar-refractivity contribution < 1.29 is 4.74 Å². The first kappa shape index (κ1) is 10.8. The SMILES string of the molecule is CCOC1CCCCCC=CC1C. The molecule has 1 aliphatic carbocycles. The van der Waals surface area contributed by atoms with E-state index >= 15 is 0 Å². The minimum Gasteiger partial charge on any atom is -0.378 e. The van der Waals surface area contributed by atoms with E-state index in [9.17, 15) is 0 Å². The molecule has 1 rings (SSSR count). The Morgan fingerprint density at radius 1 is 1.31 bits per heavy atom. The number of rotatable bonds is 2. The molecule has 0 aromatic heterocycles. The fourth-order valence-corrected chi connectivity index (χ4v) is 1.93. The first-order valence-electron chi connectivity index (χ1n) is 5.63. The quantitative estimate of drug-likeness (QED) is 0.593. The molecule has 0 fully saturated rings. The van der Waals surface area contributed by atoms with Crippen molar-refractivity contribution in [2.24, 2.45) is 5.92 Å². The summed E-state index contributed by atoms with van der Waals surface area (Å²) in [6.45, 7) is 5.20. The van der Waals surface area contributed by atoms with Gasteiger partial charge in [0.1, 0.15) is 0 Å². The molecule has 0 aromatic rings. The Morgan fingerprint density at radius 2 is 2.15 bits per heavy atom. The minimum atomic E-state index is 0.458. The molecule has 1 nitrogen and oxygen atoms in total. The minimum absolute atomic E-state index is 0.458. The van der Waals surface area contributed by atoms with E-state index in [1.54, 1.807) is 0 Å². The third-order valence-electron chi connectivity index (χ3n) is 2.77. The Kier molecular flexibility index (Phi) is 5.14. The van der Waals surface area contributed by atoms with Crippen molar-refractivity contribution in [1.82, 2.24) is 0 Å². The van der Waals surface area contributed by atoms with Gasteiger partial charge in [-0.05, 0) is 26.2 Å². The second-order valence-corrected chi connectivity index (χ2v) is 3.92. The topological polar surface area (TPSA) is 9.23 Å². The lowest BCUT2D eigenvalue weighted by atomic mass is 10.00. The van der Waals surface area contributed by atoms with Crippen LogP contribution in [0.5, 0.6) is 0 Å². The smallest absolute Gasteiger partial charge is 0.0634 e. The van der Waals surface area contributed by atoms with Gasteiger partial charge < -0.3 is 4.74 Å². The van der Waals surface area contributed by atoms with Crippen molar-refractivity contribution in [1.29, 1.82) is 0 Å². The molecule has 0 aromatic carbocycles. The predicted octanol–water partition coefficient (Wildman–Crippen LogP) is 3.55. The lowest BCUT2D eigenvalue weighted by Gasteiger charge is -2.20. The molecule has 0 spiro atoms. The van der Waals surface area contributed by atoms with Crippen LogP contribution in [0.2, 0.25) is 0 Å². The first-order chi connectivity index (χ1) is 6.34. The van der Waals surface area contributed by atoms with Crippen LogP contribution in [0, 0.1) is 5.92 Å². The highest BCUT2D eigenvalue weighted by atomic mass is 16.5. The highest BCUT2D eigenvalue weighted by Crippen LogP contribution is 2.19. The molecule has 0 aliphatic heterocycles. The van der Waals surface area contributed by atoms with Crippen molar-refractivity contribution in [2.75, 3.05) is 6.61 Å². The van der Waals surface area contributed by atoms with Crippen molar-refractivity contribution in [2.45, 2.75) is 52.1 Å². The molecule has 0 radical (unpaired) electrons. The van der Waals surface area contributed by atoms with Crippen LogP contribution in [-0.4, -0.2) is 12.7 Å². The van der Waals surface area contributed by atoms with E-state index in [-0.39, 0.29) is 0 Å². The van der Waals surface area contributed by atoms with Crippen LogP contribution < -0.4 is 0 Å². The summed E-state index contributed by atoms with van der Waals surface area (Å²) in [5.41, 5.74) is 0. The molecule has 76 valence electrons. The van der Waals surface area contributed by atoms with E-state index < -0.39 is 0 Å². The molecule has 1 heteroatoms. The second-order valence-electron chi connectivity index (χ2n) is 3.92. The van der Waals surface area contributed by atoms with Gasteiger partial charge in [-0.15, -0.1) is 0 Å². The highest BCUT2D eigenvalue weighted by molar-refractivity contribution is 4.91. The Morgan fingerprint density at radius 3 is 2.92 bits per heavy atom. The van der Waals surface area contributed by atoms with Crippen LogP contribution in [0.1, 0.15) is 46.0 Å². The monoisotopic (exact) mass is 182 g/mol. The maximum absolute atomic E-state index is 5.73. The zero-order chi connectivity index (χ0) is 9.52. The summed E-state index contributed by atoms with van der Waals surface area (Å²) in [4.78, 5) is 0. The summed E-state index contributed by atoms with van der Waals surface area (Å²) in [7, 11) is 0. The van der Waals surface area contributed by atoms with Crippen molar-refractivity contribution in [3.8, 4) is 0 Å². The molecular formula is C12H22O. The molecule has 0 saturated carbocycles. The summed E-state index contributed by atoms with van der Waals surface area (Å²) in [6, 6.07) is 0. The Hall–Kier alpha value is -0.300. The number of ether oxygens (including phenoxy) is 1. The average molecular weight is 182 g/mol. The lowest BCUT2D eigenvalue weighted by Crippen LogP contribution is -2.20. The third kappa shape index (κ3) is 3.95. The van der Waals surface area contributed by atoms with Gasteiger partial charge in [-0.1, -0.05) is 31.9 Å². The van der Waals surface area contributed by atoms with E-state index in [2.05, 4.69) is 26.0 Å². The standard InChI is InChI=1S/C12H22O/c1-3-13-12-10-8-6-4-5-7-9-11(12)2/h7,9,11-12H,3-6,8,10H2,1-2H3. The molecule has 0 amide bonds. The Labute approximate surface area is 82.2 Å². The summed E-state index contributed by atoms with van der Waals surface area (Å²) in [5, 5.41) is 0. The molecule has 0 bridgehead atoms. The van der Waals surface area contributed by atoms with E-state index in [4.69, 9.17) is 4.74 Å². The third-order valence-corrected chi connectivity index (χ3v) is 2.77. The molecule has 13 heavy (non-hydrogen) atoms. The number of hydrogen-bond donors (Lipinski definition) is 0. The molecular weight excluding hydrogens is 160 g/mol. The Bertz CT molecular complexity index is 151. The van der Waals surface area contributed by atoms with Gasteiger partial charge in [-0.25, -0.2) is 0 Å². The van der Waals surface area contributed by atoms with Crippen LogP contribution in [0.4, 0.5) is 0 Å². The fraction of sp³-hybridized carbons (Fsp3) is 0.833. The van der Waals surface area contributed by atoms with Gasteiger partial charge in [-0.3, -0.25) is 0 Å². The lowest BCUT2D eigenvalue weighted by molar-refractivity contribution is 0.0312. The van der Waals surface area contributed by atoms with E-state index in [0.29, 0.717) is 12.0 Å². The number of allylic oxidation sites excluding steroid dienone is 1. The van der Waals surface area contributed by atoms with Crippen molar-refractivity contribution in [3.63, 3.8) is 0 Å². The van der Waals surface area contributed by atoms with E-state index in [0.717, 1.165) is 6.61 Å². The predicted molar refractivity (Wildman–Crippen MR) is 56.8 cm³/mol. The van der Waals surface area contributed by atoms with E-state index in [1.165, 1.54) is 32.1 Å². The fourth-order valence-electron chi connectivity index (χ4n) is 1.93. The molecule has 2 atom stereocenters. The van der Waals surface area contributed by atoms with Crippen LogP contribution >= 0.6 is 0 Å². The van der Waals surface area contributed by atoms with Gasteiger partial charge in [0.2, 0.25) is 0 Å². The summed E-state index contributed by atoms with van der Waals surface area (Å²) in [6.07, 6.45) is 11.6. The van der Waals surface area contributed by atoms with Crippen molar-refractivity contribution >= 4 is 0 Å². The maximum Gasteiger partial charge on any atom is 0.0634 e. The van der Waals surface area contributed by atoms with Gasteiger partial charge in [0.05, 0.1) is 6.10 Å².